The normalized spacial score (nSPS) is 18.1. The van der Waals surface area contributed by atoms with E-state index in [0.29, 0.717) is 31.7 Å². The predicted molar refractivity (Wildman–Crippen MR) is 112 cm³/mol. The number of aromatic nitrogens is 2. The van der Waals surface area contributed by atoms with Gasteiger partial charge in [-0.05, 0) is 56.9 Å². The third-order valence-electron chi connectivity index (χ3n) is 5.84. The van der Waals surface area contributed by atoms with Crippen LogP contribution in [0, 0.1) is 20.8 Å². The van der Waals surface area contributed by atoms with Crippen LogP contribution in [-0.2, 0) is 4.79 Å². The summed E-state index contributed by atoms with van der Waals surface area (Å²) in [5.74, 6) is 0.247. The molecule has 0 atom stereocenters. The minimum atomic E-state index is -0.885. The van der Waals surface area contributed by atoms with Gasteiger partial charge in [-0.15, -0.1) is 5.10 Å². The van der Waals surface area contributed by atoms with E-state index in [9.17, 15) is 14.4 Å². The van der Waals surface area contributed by atoms with Gasteiger partial charge in [-0.2, -0.15) is 0 Å². The van der Waals surface area contributed by atoms with Gasteiger partial charge in [0.25, 0.3) is 5.91 Å². The molecule has 3 heterocycles. The molecule has 0 saturated carbocycles. The molecule has 2 fully saturated rings. The van der Waals surface area contributed by atoms with Gasteiger partial charge in [-0.3, -0.25) is 15.0 Å². The zero-order valence-corrected chi connectivity index (χ0v) is 17.7. The van der Waals surface area contributed by atoms with Crippen molar-refractivity contribution in [2.24, 2.45) is 0 Å². The fourth-order valence-electron chi connectivity index (χ4n) is 4.24. The van der Waals surface area contributed by atoms with Crippen molar-refractivity contribution >= 4 is 23.8 Å². The van der Waals surface area contributed by atoms with Crippen molar-refractivity contribution in [2.75, 3.05) is 25.5 Å². The maximum atomic E-state index is 12.7. The smallest absolute Gasteiger partial charge is 0.324 e. The molecule has 0 unspecified atom stereocenters. The molecular weight excluding hydrogens is 384 g/mol. The van der Waals surface area contributed by atoms with Gasteiger partial charge in [0.05, 0.1) is 5.69 Å². The highest BCUT2D eigenvalue weighted by atomic mass is 16.2. The van der Waals surface area contributed by atoms with Crippen molar-refractivity contribution in [2.45, 2.75) is 39.2 Å². The fraction of sp³-hybridized carbons (Fsp3) is 0.429. The first kappa shape index (κ1) is 19.9. The van der Waals surface area contributed by atoms with E-state index >= 15 is 0 Å². The number of anilines is 1. The molecule has 2 saturated heterocycles. The third kappa shape index (κ3) is 3.40. The first-order valence-corrected chi connectivity index (χ1v) is 10.0. The van der Waals surface area contributed by atoms with Crippen LogP contribution in [0.5, 0.6) is 0 Å². The number of carbonyl (C=O) groups is 3. The summed E-state index contributed by atoms with van der Waals surface area (Å²) in [5, 5.41) is 10.2. The minimum absolute atomic E-state index is 0.227. The van der Waals surface area contributed by atoms with E-state index in [1.54, 1.807) is 4.90 Å². The summed E-state index contributed by atoms with van der Waals surface area (Å²) < 4.78 is 1.81. The zero-order chi connectivity index (χ0) is 21.6. The Balaban J connectivity index is 1.43. The number of hydrogen-bond acceptors (Lipinski definition) is 4. The Morgan fingerprint density at radius 1 is 1.07 bits per heavy atom. The number of benzene rings is 1. The first-order valence-electron chi connectivity index (χ1n) is 10.0. The number of imide groups is 1. The quantitative estimate of drug-likeness (QED) is 0.743. The molecule has 2 aromatic rings. The lowest BCUT2D eigenvalue weighted by atomic mass is 9.87. The topological polar surface area (TPSA) is 99.6 Å². The van der Waals surface area contributed by atoms with E-state index in [0.717, 1.165) is 27.4 Å². The van der Waals surface area contributed by atoms with Gasteiger partial charge in [-0.1, -0.05) is 6.07 Å². The van der Waals surface area contributed by atoms with Crippen LogP contribution in [-0.4, -0.2) is 63.2 Å². The Bertz CT molecular complexity index is 1020. The molecule has 0 bridgehead atoms. The van der Waals surface area contributed by atoms with Gasteiger partial charge in [-0.25, -0.2) is 14.3 Å². The minimum Gasteiger partial charge on any atom is -0.324 e. The highest BCUT2D eigenvalue weighted by molar-refractivity contribution is 6.07. The van der Waals surface area contributed by atoms with Gasteiger partial charge in [0.1, 0.15) is 5.54 Å². The van der Waals surface area contributed by atoms with Crippen LogP contribution in [0.4, 0.5) is 15.4 Å². The molecule has 1 aromatic heterocycles. The number of carbonyl (C=O) groups excluding carboxylic acids is 3. The lowest BCUT2D eigenvalue weighted by Gasteiger charge is -2.36. The number of likely N-dealkylation sites (N-methyl/N-ethyl adjacent to an activating group) is 1. The summed E-state index contributed by atoms with van der Waals surface area (Å²) in [6.45, 7) is 6.77. The molecule has 0 aliphatic carbocycles. The van der Waals surface area contributed by atoms with Gasteiger partial charge in [0.2, 0.25) is 0 Å². The summed E-state index contributed by atoms with van der Waals surface area (Å²) in [7, 11) is 1.47. The van der Waals surface area contributed by atoms with Gasteiger partial charge in [0.15, 0.2) is 5.82 Å². The van der Waals surface area contributed by atoms with E-state index in [4.69, 9.17) is 0 Å². The van der Waals surface area contributed by atoms with Crippen LogP contribution < -0.4 is 10.6 Å². The van der Waals surface area contributed by atoms with Crippen molar-refractivity contribution in [3.05, 3.63) is 41.1 Å². The van der Waals surface area contributed by atoms with Crippen molar-refractivity contribution in [3.63, 3.8) is 0 Å². The number of nitrogens with one attached hydrogen (secondary N) is 2. The van der Waals surface area contributed by atoms with Crippen LogP contribution in [0.2, 0.25) is 0 Å². The molecule has 2 aliphatic rings. The Kier molecular flexibility index (Phi) is 4.76. The molecule has 9 heteroatoms. The van der Waals surface area contributed by atoms with Crippen molar-refractivity contribution in [1.82, 2.24) is 24.9 Å². The van der Waals surface area contributed by atoms with Crippen LogP contribution in [0.15, 0.2) is 24.3 Å². The molecule has 4 rings (SSSR count). The number of nitrogens with zero attached hydrogens (tertiary/aromatic N) is 4. The second-order valence-corrected chi connectivity index (χ2v) is 8.22. The lowest BCUT2D eigenvalue weighted by Crippen LogP contribution is -2.56. The zero-order valence-electron chi connectivity index (χ0n) is 17.7. The average Bonchev–Trinajstić information content (AvgIpc) is 3.14. The van der Waals surface area contributed by atoms with E-state index < -0.39 is 5.54 Å². The lowest BCUT2D eigenvalue weighted by molar-refractivity contribution is -0.131. The maximum Gasteiger partial charge on any atom is 0.324 e. The van der Waals surface area contributed by atoms with Crippen molar-refractivity contribution < 1.29 is 14.4 Å². The molecule has 158 valence electrons. The Hall–Kier alpha value is -3.36. The number of likely N-dealkylation sites (tertiary alicyclic amines) is 1. The Morgan fingerprint density at radius 3 is 2.27 bits per heavy atom. The van der Waals surface area contributed by atoms with Crippen molar-refractivity contribution in [3.8, 4) is 5.69 Å². The van der Waals surface area contributed by atoms with Crippen LogP contribution in [0.3, 0.4) is 0 Å². The first-order chi connectivity index (χ1) is 14.2. The molecular formula is C21H26N6O3. The predicted octanol–water partition coefficient (Wildman–Crippen LogP) is 2.35. The highest BCUT2D eigenvalue weighted by Gasteiger charge is 2.51. The second-order valence-electron chi connectivity index (χ2n) is 8.22. The SMILES string of the molecule is Cc1cc(C)cc(-n2nc(NC(=O)N3CCC4(CC3)NC(=O)N(C)C4=O)cc2C)c1. The molecule has 30 heavy (non-hydrogen) atoms. The summed E-state index contributed by atoms with van der Waals surface area (Å²) >= 11 is 0. The Morgan fingerprint density at radius 2 is 1.70 bits per heavy atom. The van der Waals surface area contributed by atoms with Gasteiger partial charge >= 0.3 is 12.1 Å². The second kappa shape index (κ2) is 7.16. The number of piperidine rings is 1. The number of aryl methyl sites for hydroxylation is 3. The molecule has 2 N–H and O–H groups in total. The number of rotatable bonds is 2. The summed E-state index contributed by atoms with van der Waals surface area (Å²) in [5.41, 5.74) is 3.27. The van der Waals surface area contributed by atoms with Gasteiger partial charge in [0, 0.05) is 31.9 Å². The largest absolute Gasteiger partial charge is 0.324 e. The third-order valence-corrected chi connectivity index (χ3v) is 5.84. The molecule has 0 radical (unpaired) electrons. The number of amides is 5. The molecule has 5 amide bonds. The van der Waals surface area contributed by atoms with E-state index in [2.05, 4.69) is 21.8 Å². The summed E-state index contributed by atoms with van der Waals surface area (Å²) in [6.07, 6.45) is 0.788. The van der Waals surface area contributed by atoms with E-state index in [1.165, 1.54) is 7.05 Å². The number of urea groups is 2. The fourth-order valence-corrected chi connectivity index (χ4v) is 4.24. The van der Waals surface area contributed by atoms with Crippen LogP contribution in [0.25, 0.3) is 5.69 Å². The van der Waals surface area contributed by atoms with Crippen LogP contribution >= 0.6 is 0 Å². The van der Waals surface area contributed by atoms with E-state index in [1.807, 2.05) is 43.7 Å². The average molecular weight is 410 g/mol. The molecule has 2 aliphatic heterocycles. The maximum absolute atomic E-state index is 12.7. The summed E-state index contributed by atoms with van der Waals surface area (Å²) in [6, 6.07) is 7.38. The molecule has 1 spiro atoms. The highest BCUT2D eigenvalue weighted by Crippen LogP contribution is 2.29. The summed E-state index contributed by atoms with van der Waals surface area (Å²) in [4.78, 5) is 39.7. The van der Waals surface area contributed by atoms with E-state index in [-0.39, 0.29) is 18.0 Å². The van der Waals surface area contributed by atoms with Gasteiger partial charge < -0.3 is 10.2 Å². The standard InChI is InChI=1S/C21H26N6O3/c1-13-9-14(2)11-16(10-13)27-15(3)12-17(24-27)22-19(29)26-7-5-21(6-8-26)18(28)25(4)20(30)23-21/h9-12H,5-8H2,1-4H3,(H,23,30)(H,22,24,29). The van der Waals surface area contributed by atoms with Crippen molar-refractivity contribution in [1.29, 1.82) is 0 Å². The molecule has 1 aromatic carbocycles. The number of hydrogen-bond donors (Lipinski definition) is 2. The molecule has 9 nitrogen and oxygen atoms in total. The van der Waals surface area contributed by atoms with Crippen LogP contribution in [0.1, 0.15) is 29.7 Å². The monoisotopic (exact) mass is 410 g/mol. The Labute approximate surface area is 175 Å².